The zero-order valence-electron chi connectivity index (χ0n) is 11.7. The van der Waals surface area contributed by atoms with Gasteiger partial charge in [-0.2, -0.15) is 0 Å². The van der Waals surface area contributed by atoms with Crippen LogP contribution in [0.4, 0.5) is 0 Å². The average Bonchev–Trinajstić information content (AvgIpc) is 2.35. The summed E-state index contributed by atoms with van der Waals surface area (Å²) in [5, 5.41) is 0. The molecular formula is C16H20N2O. The number of aryl methyl sites for hydroxylation is 3. The van der Waals surface area contributed by atoms with Crippen molar-refractivity contribution < 1.29 is 0 Å². The molecule has 0 aliphatic carbocycles. The monoisotopic (exact) mass is 256 g/mol. The molecule has 0 spiro atoms. The lowest BCUT2D eigenvalue weighted by molar-refractivity contribution is 0.736. The van der Waals surface area contributed by atoms with Crippen molar-refractivity contribution in [3.63, 3.8) is 0 Å². The molecule has 0 radical (unpaired) electrons. The van der Waals surface area contributed by atoms with E-state index in [1.807, 2.05) is 12.3 Å². The third kappa shape index (κ3) is 2.76. The average molecular weight is 256 g/mol. The minimum Gasteiger partial charge on any atom is -0.326 e. The van der Waals surface area contributed by atoms with E-state index in [4.69, 9.17) is 5.73 Å². The van der Waals surface area contributed by atoms with Gasteiger partial charge in [0.05, 0.1) is 6.54 Å². The molecule has 0 fully saturated rings. The van der Waals surface area contributed by atoms with Crippen LogP contribution in [0.5, 0.6) is 0 Å². The molecule has 0 aliphatic heterocycles. The summed E-state index contributed by atoms with van der Waals surface area (Å²) in [6.45, 7) is 7.15. The molecule has 100 valence electrons. The van der Waals surface area contributed by atoms with Crippen molar-refractivity contribution >= 4 is 0 Å². The van der Waals surface area contributed by atoms with Crippen molar-refractivity contribution in [2.24, 2.45) is 5.73 Å². The van der Waals surface area contributed by atoms with E-state index < -0.39 is 0 Å². The largest absolute Gasteiger partial charge is 0.326 e. The summed E-state index contributed by atoms with van der Waals surface area (Å²) in [5.74, 6) is 0. The highest BCUT2D eigenvalue weighted by Gasteiger charge is 2.07. The maximum atomic E-state index is 12.2. The maximum absolute atomic E-state index is 12.2. The Bertz CT molecular complexity index is 633. The Hall–Kier alpha value is -1.87. The number of hydrogen-bond acceptors (Lipinski definition) is 2. The molecule has 0 saturated heterocycles. The summed E-state index contributed by atoms with van der Waals surface area (Å²) >= 11 is 0. The van der Waals surface area contributed by atoms with E-state index in [9.17, 15) is 4.79 Å². The van der Waals surface area contributed by atoms with Gasteiger partial charge in [-0.15, -0.1) is 0 Å². The summed E-state index contributed by atoms with van der Waals surface area (Å²) < 4.78 is 1.73. The van der Waals surface area contributed by atoms with Crippen LogP contribution < -0.4 is 11.3 Å². The van der Waals surface area contributed by atoms with Crippen molar-refractivity contribution in [3.05, 3.63) is 68.6 Å². The van der Waals surface area contributed by atoms with Gasteiger partial charge in [0.1, 0.15) is 0 Å². The topological polar surface area (TPSA) is 48.0 Å². The minimum atomic E-state index is 0.00405. The lowest BCUT2D eigenvalue weighted by atomic mass is 10.00. The van der Waals surface area contributed by atoms with E-state index in [1.165, 1.54) is 22.3 Å². The van der Waals surface area contributed by atoms with Gasteiger partial charge in [0.25, 0.3) is 5.56 Å². The first kappa shape index (κ1) is 13.6. The van der Waals surface area contributed by atoms with Gasteiger partial charge < -0.3 is 10.3 Å². The normalized spacial score (nSPS) is 10.7. The first-order chi connectivity index (χ1) is 9.02. The first-order valence-electron chi connectivity index (χ1n) is 6.48. The van der Waals surface area contributed by atoms with Gasteiger partial charge in [0.2, 0.25) is 0 Å². The van der Waals surface area contributed by atoms with Crippen LogP contribution in [0.3, 0.4) is 0 Å². The van der Waals surface area contributed by atoms with Crippen LogP contribution in [-0.2, 0) is 13.1 Å². The lowest BCUT2D eigenvalue weighted by Gasteiger charge is -2.13. The SMILES string of the molecule is Cc1cc(C)c(Cn2cccc(CN)c2=O)c(C)c1. The standard InChI is InChI=1S/C16H20N2O/c1-11-7-12(2)15(13(3)8-11)10-18-6-4-5-14(9-17)16(18)19/h4-8H,9-10,17H2,1-3H3. The fourth-order valence-electron chi connectivity index (χ4n) is 2.50. The summed E-state index contributed by atoms with van der Waals surface area (Å²) in [4.78, 5) is 12.2. The molecule has 19 heavy (non-hydrogen) atoms. The molecule has 2 N–H and O–H groups in total. The predicted octanol–water partition coefficient (Wildman–Crippen LogP) is 2.28. The molecule has 3 heteroatoms. The summed E-state index contributed by atoms with van der Waals surface area (Å²) in [5.41, 5.74) is 11.2. The van der Waals surface area contributed by atoms with E-state index in [-0.39, 0.29) is 12.1 Å². The Balaban J connectivity index is 2.45. The molecule has 1 heterocycles. The Morgan fingerprint density at radius 1 is 1.16 bits per heavy atom. The number of benzene rings is 1. The molecule has 0 unspecified atom stereocenters. The Morgan fingerprint density at radius 2 is 1.79 bits per heavy atom. The number of aromatic nitrogens is 1. The van der Waals surface area contributed by atoms with E-state index in [2.05, 4.69) is 32.9 Å². The molecule has 2 aromatic rings. The van der Waals surface area contributed by atoms with Gasteiger partial charge in [0.15, 0.2) is 0 Å². The molecule has 3 nitrogen and oxygen atoms in total. The molecule has 0 saturated carbocycles. The van der Waals surface area contributed by atoms with E-state index >= 15 is 0 Å². The third-order valence-electron chi connectivity index (χ3n) is 3.49. The molecule has 1 aromatic heterocycles. The Kier molecular flexibility index (Phi) is 3.86. The number of pyridine rings is 1. The summed E-state index contributed by atoms with van der Waals surface area (Å²) in [7, 11) is 0. The first-order valence-corrected chi connectivity index (χ1v) is 6.48. The van der Waals surface area contributed by atoms with Crippen LogP contribution in [0, 0.1) is 20.8 Å². The fourth-order valence-corrected chi connectivity index (χ4v) is 2.50. The predicted molar refractivity (Wildman–Crippen MR) is 78.3 cm³/mol. The Labute approximate surface area is 113 Å². The van der Waals surface area contributed by atoms with Crippen molar-refractivity contribution in [1.82, 2.24) is 4.57 Å². The van der Waals surface area contributed by atoms with Gasteiger partial charge in [-0.3, -0.25) is 4.79 Å². The van der Waals surface area contributed by atoms with Gasteiger partial charge in [-0.05, 0) is 43.5 Å². The second-order valence-electron chi connectivity index (χ2n) is 5.05. The summed E-state index contributed by atoms with van der Waals surface area (Å²) in [6, 6.07) is 7.97. The van der Waals surface area contributed by atoms with Crippen LogP contribution in [0.15, 0.2) is 35.3 Å². The quantitative estimate of drug-likeness (QED) is 0.916. The molecule has 0 aliphatic rings. The molecule has 2 rings (SSSR count). The summed E-state index contributed by atoms with van der Waals surface area (Å²) in [6.07, 6.45) is 1.82. The zero-order valence-corrected chi connectivity index (χ0v) is 11.7. The highest BCUT2D eigenvalue weighted by Crippen LogP contribution is 2.17. The lowest BCUT2D eigenvalue weighted by Crippen LogP contribution is -2.25. The van der Waals surface area contributed by atoms with Gasteiger partial charge in [0, 0.05) is 18.3 Å². The van der Waals surface area contributed by atoms with Gasteiger partial charge in [-0.1, -0.05) is 23.8 Å². The molecule has 1 aromatic carbocycles. The number of nitrogens with two attached hydrogens (primary N) is 1. The van der Waals surface area contributed by atoms with Crippen molar-refractivity contribution in [1.29, 1.82) is 0 Å². The smallest absolute Gasteiger partial charge is 0.255 e. The molecule has 0 atom stereocenters. The maximum Gasteiger partial charge on any atom is 0.255 e. The fraction of sp³-hybridized carbons (Fsp3) is 0.312. The van der Waals surface area contributed by atoms with Crippen LogP contribution in [-0.4, -0.2) is 4.57 Å². The van der Waals surface area contributed by atoms with E-state index in [0.29, 0.717) is 12.1 Å². The Morgan fingerprint density at radius 3 is 2.37 bits per heavy atom. The molecule has 0 bridgehead atoms. The van der Waals surface area contributed by atoms with Crippen LogP contribution in [0.2, 0.25) is 0 Å². The van der Waals surface area contributed by atoms with Crippen LogP contribution in [0.1, 0.15) is 27.8 Å². The van der Waals surface area contributed by atoms with Crippen molar-refractivity contribution in [3.8, 4) is 0 Å². The molecular weight excluding hydrogens is 236 g/mol. The van der Waals surface area contributed by atoms with Crippen molar-refractivity contribution in [2.75, 3.05) is 0 Å². The second-order valence-corrected chi connectivity index (χ2v) is 5.05. The van der Waals surface area contributed by atoms with Gasteiger partial charge in [-0.25, -0.2) is 0 Å². The van der Waals surface area contributed by atoms with E-state index in [0.717, 1.165) is 0 Å². The highest BCUT2D eigenvalue weighted by atomic mass is 16.1. The van der Waals surface area contributed by atoms with Crippen molar-refractivity contribution in [2.45, 2.75) is 33.9 Å². The van der Waals surface area contributed by atoms with Crippen LogP contribution in [0.25, 0.3) is 0 Å². The zero-order chi connectivity index (χ0) is 14.0. The third-order valence-corrected chi connectivity index (χ3v) is 3.49. The van der Waals surface area contributed by atoms with E-state index in [1.54, 1.807) is 10.6 Å². The number of hydrogen-bond donors (Lipinski definition) is 1. The highest BCUT2D eigenvalue weighted by molar-refractivity contribution is 5.37. The second kappa shape index (κ2) is 5.41. The van der Waals surface area contributed by atoms with Gasteiger partial charge >= 0.3 is 0 Å². The van der Waals surface area contributed by atoms with Crippen LogP contribution >= 0.6 is 0 Å². The number of rotatable bonds is 3. The minimum absolute atomic E-state index is 0.00405. The number of nitrogens with zero attached hydrogens (tertiary/aromatic N) is 1. The molecule has 0 amide bonds.